The van der Waals surface area contributed by atoms with E-state index in [1.54, 1.807) is 0 Å². The van der Waals surface area contributed by atoms with Gasteiger partial charge < -0.3 is 4.57 Å². The molecule has 0 atom stereocenters. The van der Waals surface area contributed by atoms with Crippen molar-refractivity contribution in [3.05, 3.63) is 157 Å². The van der Waals surface area contributed by atoms with E-state index in [1.165, 1.54) is 16.3 Å². The van der Waals surface area contributed by atoms with Crippen molar-refractivity contribution in [3.8, 4) is 57.0 Å². The molecule has 0 spiro atoms. The van der Waals surface area contributed by atoms with Crippen LogP contribution in [0.15, 0.2) is 146 Å². The van der Waals surface area contributed by atoms with Gasteiger partial charge in [0, 0.05) is 27.5 Å². The van der Waals surface area contributed by atoms with Crippen molar-refractivity contribution in [1.82, 2.24) is 19.5 Å². The molecule has 2 aromatic heterocycles. The lowest BCUT2D eigenvalue weighted by molar-refractivity contribution is 0.591. The average Bonchev–Trinajstić information content (AvgIpc) is 3.48. The van der Waals surface area contributed by atoms with E-state index >= 15 is 0 Å². The third-order valence-corrected chi connectivity index (χ3v) is 9.07. The van der Waals surface area contributed by atoms with Crippen LogP contribution in [0.1, 0.15) is 31.9 Å². The van der Waals surface area contributed by atoms with Crippen molar-refractivity contribution < 1.29 is 0 Å². The molecule has 0 unspecified atom stereocenters. The lowest BCUT2D eigenvalue weighted by Gasteiger charge is -2.20. The standard InChI is InChI=1S/C44H33N5/c1-44(2,3)34-23-25-36-35-16-10-11-17-38(35)49(40(36)27-34)39-26-33(30-20-18-29(28-45)19-21-30)22-24-37(39)43-47-41(31-12-6-4-7-13-31)46-42(48-43)32-14-8-5-9-15-32/h4-27H,1-3H3. The number of fused-ring (bicyclic) bond motifs is 3. The Morgan fingerprint density at radius 1 is 0.510 bits per heavy atom. The fraction of sp³-hybridized carbons (Fsp3) is 0.0909. The number of rotatable bonds is 5. The van der Waals surface area contributed by atoms with E-state index in [0.29, 0.717) is 23.0 Å². The molecule has 0 saturated heterocycles. The van der Waals surface area contributed by atoms with Gasteiger partial charge in [-0.2, -0.15) is 5.26 Å². The number of nitrogens with zero attached hydrogens (tertiary/aromatic N) is 5. The molecule has 0 fully saturated rings. The molecule has 0 aliphatic rings. The summed E-state index contributed by atoms with van der Waals surface area (Å²) >= 11 is 0. The summed E-state index contributed by atoms with van der Waals surface area (Å²) in [6.45, 7) is 6.75. The quantitative estimate of drug-likeness (QED) is 0.190. The maximum atomic E-state index is 9.45. The van der Waals surface area contributed by atoms with Gasteiger partial charge >= 0.3 is 0 Å². The van der Waals surface area contributed by atoms with Crippen LogP contribution in [-0.4, -0.2) is 19.5 Å². The molecule has 0 N–H and O–H groups in total. The minimum Gasteiger partial charge on any atom is -0.308 e. The predicted octanol–water partition coefficient (Wildman–Crippen LogP) is 10.8. The van der Waals surface area contributed by atoms with Gasteiger partial charge in [-0.1, -0.05) is 130 Å². The zero-order valence-corrected chi connectivity index (χ0v) is 27.6. The maximum absolute atomic E-state index is 9.45. The Labute approximate surface area is 285 Å². The normalized spacial score (nSPS) is 11.6. The van der Waals surface area contributed by atoms with Crippen molar-refractivity contribution in [2.24, 2.45) is 0 Å². The monoisotopic (exact) mass is 631 g/mol. The Morgan fingerprint density at radius 3 is 1.71 bits per heavy atom. The molecule has 0 saturated carbocycles. The second-order valence-electron chi connectivity index (χ2n) is 13.3. The third kappa shape index (κ3) is 5.54. The van der Waals surface area contributed by atoms with Crippen molar-refractivity contribution in [2.45, 2.75) is 26.2 Å². The van der Waals surface area contributed by atoms with Crippen LogP contribution < -0.4 is 0 Å². The first-order valence-corrected chi connectivity index (χ1v) is 16.4. The summed E-state index contributed by atoms with van der Waals surface area (Å²) in [7, 11) is 0. The Morgan fingerprint density at radius 2 is 1.08 bits per heavy atom. The fourth-order valence-corrected chi connectivity index (χ4v) is 6.45. The highest BCUT2D eigenvalue weighted by atomic mass is 15.1. The molecule has 0 aliphatic carbocycles. The highest BCUT2D eigenvalue weighted by Gasteiger charge is 2.22. The number of aromatic nitrogens is 4. The minimum atomic E-state index is -0.0357. The molecule has 0 aliphatic heterocycles. The van der Waals surface area contributed by atoms with Gasteiger partial charge in [-0.25, -0.2) is 15.0 Å². The molecular weight excluding hydrogens is 599 g/mol. The first-order chi connectivity index (χ1) is 23.9. The van der Waals surface area contributed by atoms with Crippen LogP contribution in [-0.2, 0) is 5.41 Å². The highest BCUT2D eigenvalue weighted by molar-refractivity contribution is 6.10. The van der Waals surface area contributed by atoms with E-state index in [1.807, 2.05) is 84.9 Å². The average molecular weight is 632 g/mol. The summed E-state index contributed by atoms with van der Waals surface area (Å²) in [5.74, 6) is 1.82. The van der Waals surface area contributed by atoms with E-state index in [2.05, 4.69) is 92.1 Å². The first kappa shape index (κ1) is 30.0. The van der Waals surface area contributed by atoms with Gasteiger partial charge in [0.2, 0.25) is 0 Å². The van der Waals surface area contributed by atoms with Crippen LogP contribution in [0.4, 0.5) is 0 Å². The molecule has 0 bridgehead atoms. The lowest BCUT2D eigenvalue weighted by Crippen LogP contribution is -2.11. The summed E-state index contributed by atoms with van der Waals surface area (Å²) in [6.07, 6.45) is 0. The smallest absolute Gasteiger partial charge is 0.166 e. The molecule has 49 heavy (non-hydrogen) atoms. The van der Waals surface area contributed by atoms with Crippen molar-refractivity contribution in [3.63, 3.8) is 0 Å². The van der Waals surface area contributed by atoms with Crippen molar-refractivity contribution >= 4 is 21.8 Å². The zero-order chi connectivity index (χ0) is 33.5. The lowest BCUT2D eigenvalue weighted by atomic mass is 9.86. The first-order valence-electron chi connectivity index (χ1n) is 16.4. The van der Waals surface area contributed by atoms with Crippen LogP contribution in [0.2, 0.25) is 0 Å². The largest absolute Gasteiger partial charge is 0.308 e. The second-order valence-corrected chi connectivity index (χ2v) is 13.3. The predicted molar refractivity (Wildman–Crippen MR) is 199 cm³/mol. The van der Waals surface area contributed by atoms with Crippen LogP contribution >= 0.6 is 0 Å². The Balaban J connectivity index is 1.46. The number of para-hydroxylation sites is 1. The van der Waals surface area contributed by atoms with Crippen LogP contribution in [0.5, 0.6) is 0 Å². The van der Waals surface area contributed by atoms with Crippen LogP contribution in [0.25, 0.3) is 72.8 Å². The zero-order valence-electron chi connectivity index (χ0n) is 27.6. The Hall–Kier alpha value is -6.38. The third-order valence-electron chi connectivity index (χ3n) is 9.07. The summed E-state index contributed by atoms with van der Waals surface area (Å²) in [6, 6.07) is 52.0. The number of hydrogen-bond donors (Lipinski definition) is 0. The van der Waals surface area contributed by atoms with E-state index in [4.69, 9.17) is 15.0 Å². The van der Waals surface area contributed by atoms with Gasteiger partial charge in [0.1, 0.15) is 0 Å². The number of hydrogen-bond acceptors (Lipinski definition) is 4. The highest BCUT2D eigenvalue weighted by Crippen LogP contribution is 2.39. The molecule has 5 nitrogen and oxygen atoms in total. The van der Waals surface area contributed by atoms with Crippen molar-refractivity contribution in [1.29, 1.82) is 5.26 Å². The molecule has 8 aromatic rings. The molecule has 0 radical (unpaired) electrons. The molecule has 0 amide bonds. The molecular formula is C44H33N5. The van der Waals surface area contributed by atoms with Gasteiger partial charge in [0.15, 0.2) is 17.5 Å². The van der Waals surface area contributed by atoms with E-state index in [-0.39, 0.29) is 5.41 Å². The number of benzene rings is 6. The summed E-state index contributed by atoms with van der Waals surface area (Å²) in [4.78, 5) is 15.2. The fourth-order valence-electron chi connectivity index (χ4n) is 6.45. The molecule has 6 aromatic carbocycles. The van der Waals surface area contributed by atoms with Gasteiger partial charge in [-0.05, 0) is 58.5 Å². The van der Waals surface area contributed by atoms with Gasteiger partial charge in [0.05, 0.1) is 28.4 Å². The summed E-state index contributed by atoms with van der Waals surface area (Å²) in [5, 5.41) is 11.8. The Kier molecular flexibility index (Phi) is 7.35. The van der Waals surface area contributed by atoms with Gasteiger partial charge in [0.25, 0.3) is 0 Å². The maximum Gasteiger partial charge on any atom is 0.166 e. The summed E-state index contributed by atoms with van der Waals surface area (Å²) < 4.78 is 2.36. The van der Waals surface area contributed by atoms with Crippen molar-refractivity contribution in [2.75, 3.05) is 0 Å². The SMILES string of the molecule is CC(C)(C)c1ccc2c3ccccc3n(-c3cc(-c4ccc(C#N)cc4)ccc3-c3nc(-c4ccccc4)nc(-c4ccccc4)n3)c2c1. The second kappa shape index (κ2) is 12.0. The van der Waals surface area contributed by atoms with Gasteiger partial charge in [-0.3, -0.25) is 0 Å². The van der Waals surface area contributed by atoms with Gasteiger partial charge in [-0.15, -0.1) is 0 Å². The van der Waals surface area contributed by atoms with Crippen LogP contribution in [0, 0.1) is 11.3 Å². The molecule has 234 valence electrons. The van der Waals surface area contributed by atoms with Crippen LogP contribution in [0.3, 0.4) is 0 Å². The minimum absolute atomic E-state index is 0.0357. The molecule has 8 rings (SSSR count). The summed E-state index contributed by atoms with van der Waals surface area (Å²) in [5.41, 5.74) is 9.81. The van der Waals surface area contributed by atoms with E-state index < -0.39 is 0 Å². The van der Waals surface area contributed by atoms with E-state index in [0.717, 1.165) is 44.5 Å². The number of nitriles is 1. The topological polar surface area (TPSA) is 67.4 Å². The van der Waals surface area contributed by atoms with E-state index in [9.17, 15) is 5.26 Å². The Bertz CT molecular complexity index is 2460. The molecule has 5 heteroatoms. The molecule has 2 heterocycles.